The molecule has 0 bridgehead atoms. The van der Waals surface area contributed by atoms with E-state index in [2.05, 4.69) is 26.2 Å². The summed E-state index contributed by atoms with van der Waals surface area (Å²) in [6.07, 6.45) is 1.11. The van der Waals surface area contributed by atoms with Crippen molar-refractivity contribution >= 4 is 15.9 Å². The number of hydrogen-bond acceptors (Lipinski definition) is 4. The molecule has 1 aromatic carbocycles. The number of aromatic nitrogens is 3. The third kappa shape index (κ3) is 3.41. The Morgan fingerprint density at radius 1 is 1.30 bits per heavy atom. The molecule has 2 rings (SSSR count). The Morgan fingerprint density at radius 2 is 2.00 bits per heavy atom. The van der Waals surface area contributed by atoms with Crippen molar-refractivity contribution in [2.45, 2.75) is 20.1 Å². The lowest BCUT2D eigenvalue weighted by Gasteiger charge is -2.13. The van der Waals surface area contributed by atoms with Crippen molar-refractivity contribution in [2.24, 2.45) is 0 Å². The first-order valence-electron chi connectivity index (χ1n) is 6.26. The van der Waals surface area contributed by atoms with E-state index in [1.54, 1.807) is 18.3 Å². The van der Waals surface area contributed by atoms with E-state index in [1.165, 1.54) is 10.7 Å². The molecule has 108 valence electrons. The lowest BCUT2D eigenvalue weighted by Crippen LogP contribution is -2.09. The SMILES string of the molecule is CCOC(OCC)c1cn(-c2ccc(Br)c(F)c2)nn1. The standard InChI is InChI=1S/C13H15BrFN3O2/c1-3-19-13(20-4-2)12-8-18(17-16-12)9-5-6-10(14)11(15)7-9/h5-8,13H,3-4H2,1-2H3. The molecule has 0 unspecified atom stereocenters. The summed E-state index contributed by atoms with van der Waals surface area (Å²) in [6.45, 7) is 4.76. The first-order valence-corrected chi connectivity index (χ1v) is 7.05. The summed E-state index contributed by atoms with van der Waals surface area (Å²) in [7, 11) is 0. The molecule has 20 heavy (non-hydrogen) atoms. The normalized spacial score (nSPS) is 11.2. The molecule has 0 aliphatic heterocycles. The van der Waals surface area contributed by atoms with Crippen molar-refractivity contribution in [3.63, 3.8) is 0 Å². The predicted octanol–water partition coefficient (Wildman–Crippen LogP) is 3.24. The Labute approximate surface area is 124 Å². The number of hydrogen-bond donors (Lipinski definition) is 0. The van der Waals surface area contributed by atoms with Crippen molar-refractivity contribution in [3.05, 3.63) is 40.4 Å². The Bertz CT molecular complexity index is 570. The van der Waals surface area contributed by atoms with Gasteiger partial charge >= 0.3 is 0 Å². The third-order valence-corrected chi connectivity index (χ3v) is 3.20. The van der Waals surface area contributed by atoms with Crippen LogP contribution in [-0.4, -0.2) is 28.2 Å². The van der Waals surface area contributed by atoms with Gasteiger partial charge in [0.25, 0.3) is 0 Å². The van der Waals surface area contributed by atoms with E-state index in [0.29, 0.717) is 29.1 Å². The molecule has 0 radical (unpaired) electrons. The van der Waals surface area contributed by atoms with Gasteiger partial charge in [0, 0.05) is 19.3 Å². The Morgan fingerprint density at radius 3 is 2.60 bits per heavy atom. The fraction of sp³-hybridized carbons (Fsp3) is 0.385. The van der Waals surface area contributed by atoms with Gasteiger partial charge in [-0.3, -0.25) is 0 Å². The monoisotopic (exact) mass is 343 g/mol. The van der Waals surface area contributed by atoms with Crippen LogP contribution in [0.25, 0.3) is 5.69 Å². The highest BCUT2D eigenvalue weighted by Crippen LogP contribution is 2.20. The summed E-state index contributed by atoms with van der Waals surface area (Å²) in [6, 6.07) is 4.73. The molecular formula is C13H15BrFN3O2. The van der Waals surface area contributed by atoms with Crippen LogP contribution in [0.4, 0.5) is 4.39 Å². The number of ether oxygens (including phenoxy) is 2. The fourth-order valence-electron chi connectivity index (χ4n) is 1.66. The molecule has 5 nitrogen and oxygen atoms in total. The smallest absolute Gasteiger partial charge is 0.204 e. The molecule has 2 aromatic rings. The van der Waals surface area contributed by atoms with E-state index in [4.69, 9.17) is 9.47 Å². The summed E-state index contributed by atoms with van der Waals surface area (Å²) in [5, 5.41) is 7.98. The van der Waals surface area contributed by atoms with Crippen molar-refractivity contribution < 1.29 is 13.9 Å². The highest BCUT2D eigenvalue weighted by Gasteiger charge is 2.16. The lowest BCUT2D eigenvalue weighted by molar-refractivity contribution is -0.142. The first kappa shape index (κ1) is 15.1. The third-order valence-electron chi connectivity index (χ3n) is 2.56. The highest BCUT2D eigenvalue weighted by atomic mass is 79.9. The van der Waals surface area contributed by atoms with Gasteiger partial charge in [0.2, 0.25) is 6.29 Å². The van der Waals surface area contributed by atoms with E-state index in [1.807, 2.05) is 13.8 Å². The molecule has 0 aliphatic rings. The van der Waals surface area contributed by atoms with Crippen LogP contribution in [0.1, 0.15) is 25.8 Å². The molecule has 0 spiro atoms. The summed E-state index contributed by atoms with van der Waals surface area (Å²) >= 11 is 3.11. The second kappa shape index (κ2) is 6.92. The maximum atomic E-state index is 13.5. The maximum Gasteiger partial charge on any atom is 0.204 e. The largest absolute Gasteiger partial charge is 0.347 e. The average Bonchev–Trinajstić information content (AvgIpc) is 2.91. The highest BCUT2D eigenvalue weighted by molar-refractivity contribution is 9.10. The zero-order chi connectivity index (χ0) is 14.5. The van der Waals surface area contributed by atoms with Crippen LogP contribution in [0.5, 0.6) is 0 Å². The Kier molecular flexibility index (Phi) is 5.22. The Balaban J connectivity index is 2.24. The molecule has 0 aliphatic carbocycles. The summed E-state index contributed by atoms with van der Waals surface area (Å²) in [4.78, 5) is 0. The number of halogens is 2. The lowest BCUT2D eigenvalue weighted by atomic mass is 10.3. The van der Waals surface area contributed by atoms with Crippen LogP contribution >= 0.6 is 15.9 Å². The van der Waals surface area contributed by atoms with Gasteiger partial charge in [0.1, 0.15) is 11.5 Å². The van der Waals surface area contributed by atoms with Crippen LogP contribution in [0.2, 0.25) is 0 Å². The Hall–Kier alpha value is -1.31. The predicted molar refractivity (Wildman–Crippen MR) is 75.0 cm³/mol. The van der Waals surface area contributed by atoms with Crippen LogP contribution in [0.3, 0.4) is 0 Å². The molecule has 0 N–H and O–H groups in total. The second-order valence-electron chi connectivity index (χ2n) is 3.93. The quantitative estimate of drug-likeness (QED) is 0.755. The zero-order valence-corrected chi connectivity index (χ0v) is 12.8. The van der Waals surface area contributed by atoms with Crippen LogP contribution in [-0.2, 0) is 9.47 Å². The average molecular weight is 344 g/mol. The minimum Gasteiger partial charge on any atom is -0.347 e. The van der Waals surface area contributed by atoms with Crippen LogP contribution in [0, 0.1) is 5.82 Å². The fourth-order valence-corrected chi connectivity index (χ4v) is 1.91. The van der Waals surface area contributed by atoms with E-state index in [9.17, 15) is 4.39 Å². The summed E-state index contributed by atoms with van der Waals surface area (Å²) in [5.74, 6) is -0.356. The molecule has 0 fully saturated rings. The maximum absolute atomic E-state index is 13.5. The molecule has 0 saturated carbocycles. The molecule has 1 heterocycles. The molecule has 0 amide bonds. The number of benzene rings is 1. The van der Waals surface area contributed by atoms with Gasteiger partial charge in [-0.2, -0.15) is 0 Å². The van der Waals surface area contributed by atoms with Gasteiger partial charge in [-0.15, -0.1) is 5.10 Å². The molecule has 1 aromatic heterocycles. The van der Waals surface area contributed by atoms with Gasteiger partial charge in [0.15, 0.2) is 0 Å². The van der Waals surface area contributed by atoms with E-state index >= 15 is 0 Å². The van der Waals surface area contributed by atoms with Crippen LogP contribution in [0.15, 0.2) is 28.9 Å². The van der Waals surface area contributed by atoms with Crippen molar-refractivity contribution in [1.29, 1.82) is 0 Å². The molecular weight excluding hydrogens is 329 g/mol. The minimum atomic E-state index is -0.556. The number of nitrogens with zero attached hydrogens (tertiary/aromatic N) is 3. The summed E-state index contributed by atoms with van der Waals surface area (Å²) < 4.78 is 26.3. The second-order valence-corrected chi connectivity index (χ2v) is 4.78. The molecule has 7 heteroatoms. The van der Waals surface area contributed by atoms with E-state index < -0.39 is 6.29 Å². The summed E-state index contributed by atoms with van der Waals surface area (Å²) in [5.41, 5.74) is 1.13. The minimum absolute atomic E-state index is 0.356. The van der Waals surface area contributed by atoms with Crippen molar-refractivity contribution in [2.75, 3.05) is 13.2 Å². The van der Waals surface area contributed by atoms with Gasteiger partial charge < -0.3 is 9.47 Å². The van der Waals surface area contributed by atoms with E-state index in [-0.39, 0.29) is 5.82 Å². The van der Waals surface area contributed by atoms with Gasteiger partial charge in [0.05, 0.1) is 16.4 Å². The van der Waals surface area contributed by atoms with Gasteiger partial charge in [-0.05, 0) is 41.9 Å². The van der Waals surface area contributed by atoms with E-state index in [0.717, 1.165) is 0 Å². The topological polar surface area (TPSA) is 49.2 Å². The zero-order valence-electron chi connectivity index (χ0n) is 11.2. The van der Waals surface area contributed by atoms with Gasteiger partial charge in [-0.1, -0.05) is 5.21 Å². The van der Waals surface area contributed by atoms with Crippen molar-refractivity contribution in [3.8, 4) is 5.69 Å². The molecule has 0 atom stereocenters. The van der Waals surface area contributed by atoms with Crippen molar-refractivity contribution in [1.82, 2.24) is 15.0 Å². The van der Waals surface area contributed by atoms with Crippen LogP contribution < -0.4 is 0 Å². The first-order chi connectivity index (χ1) is 9.65. The number of rotatable bonds is 6. The molecule has 0 saturated heterocycles. The van der Waals surface area contributed by atoms with Gasteiger partial charge in [-0.25, -0.2) is 9.07 Å².